The molecule has 118 valence electrons. The van der Waals surface area contributed by atoms with Gasteiger partial charge in [-0.25, -0.2) is 0 Å². The first-order valence-corrected chi connectivity index (χ1v) is 7.69. The largest absolute Gasteiger partial charge is 0.457 e. The molecule has 3 aromatic carbocycles. The molecule has 0 spiro atoms. The van der Waals surface area contributed by atoms with Gasteiger partial charge < -0.3 is 4.74 Å². The van der Waals surface area contributed by atoms with Crippen molar-refractivity contribution in [2.75, 3.05) is 0 Å². The van der Waals surface area contributed by atoms with E-state index in [1.807, 2.05) is 30.3 Å². The van der Waals surface area contributed by atoms with Crippen molar-refractivity contribution < 1.29 is 14.3 Å². The highest BCUT2D eigenvalue weighted by Gasteiger charge is 2.16. The van der Waals surface area contributed by atoms with Gasteiger partial charge in [-0.15, -0.1) is 0 Å². The van der Waals surface area contributed by atoms with E-state index in [1.165, 1.54) is 6.07 Å². The van der Waals surface area contributed by atoms with Crippen molar-refractivity contribution in [2.24, 2.45) is 0 Å². The van der Waals surface area contributed by atoms with Gasteiger partial charge in [-0.2, -0.15) is 0 Å². The molecule has 0 amide bonds. The first-order valence-electron chi connectivity index (χ1n) is 7.31. The molecule has 3 nitrogen and oxygen atoms in total. The van der Waals surface area contributed by atoms with Gasteiger partial charge in [0.2, 0.25) is 0 Å². The highest BCUT2D eigenvalue weighted by molar-refractivity contribution is 6.68. The zero-order chi connectivity index (χ0) is 16.9. The summed E-state index contributed by atoms with van der Waals surface area (Å²) in [5.41, 5.74) is 0.948. The molecule has 0 saturated carbocycles. The van der Waals surface area contributed by atoms with Crippen LogP contribution in [0.25, 0.3) is 0 Å². The summed E-state index contributed by atoms with van der Waals surface area (Å²) < 4.78 is 5.69. The first kappa shape index (κ1) is 16.0. The van der Waals surface area contributed by atoms with Crippen LogP contribution >= 0.6 is 11.6 Å². The Bertz CT molecular complexity index is 871. The van der Waals surface area contributed by atoms with Gasteiger partial charge in [0, 0.05) is 16.7 Å². The lowest BCUT2D eigenvalue weighted by Crippen LogP contribution is -2.07. The maximum atomic E-state index is 12.6. The summed E-state index contributed by atoms with van der Waals surface area (Å²) >= 11 is 5.54. The SMILES string of the molecule is O=C(Cl)c1ccccc1C(=O)c1ccc(Oc2ccccc2)cc1. The molecule has 0 bridgehead atoms. The van der Waals surface area contributed by atoms with Gasteiger partial charge in [-0.05, 0) is 54.1 Å². The van der Waals surface area contributed by atoms with Crippen LogP contribution < -0.4 is 4.74 Å². The molecular weight excluding hydrogens is 324 g/mol. The Hall–Kier alpha value is -2.91. The first-order chi connectivity index (χ1) is 11.6. The van der Waals surface area contributed by atoms with E-state index in [9.17, 15) is 9.59 Å². The van der Waals surface area contributed by atoms with E-state index in [-0.39, 0.29) is 16.9 Å². The van der Waals surface area contributed by atoms with Gasteiger partial charge in [0.15, 0.2) is 5.78 Å². The molecular formula is C20H13ClO3. The summed E-state index contributed by atoms with van der Waals surface area (Å²) in [6, 6.07) is 22.6. The Morgan fingerprint density at radius 2 is 1.21 bits per heavy atom. The van der Waals surface area contributed by atoms with E-state index < -0.39 is 5.24 Å². The molecule has 3 aromatic rings. The van der Waals surface area contributed by atoms with Gasteiger partial charge in [-0.3, -0.25) is 9.59 Å². The second-order valence-electron chi connectivity index (χ2n) is 5.09. The van der Waals surface area contributed by atoms with Gasteiger partial charge in [0.1, 0.15) is 11.5 Å². The normalized spacial score (nSPS) is 10.2. The van der Waals surface area contributed by atoms with Crippen molar-refractivity contribution in [1.29, 1.82) is 0 Å². The second-order valence-corrected chi connectivity index (χ2v) is 5.43. The lowest BCUT2D eigenvalue weighted by atomic mass is 9.99. The van der Waals surface area contributed by atoms with Crippen molar-refractivity contribution in [3.8, 4) is 11.5 Å². The van der Waals surface area contributed by atoms with E-state index in [1.54, 1.807) is 42.5 Å². The fourth-order valence-corrected chi connectivity index (χ4v) is 2.47. The Labute approximate surface area is 144 Å². The standard InChI is InChI=1S/C20H13ClO3/c21-20(23)18-9-5-4-8-17(18)19(22)14-10-12-16(13-11-14)24-15-6-2-1-3-7-15/h1-13H. The monoisotopic (exact) mass is 336 g/mol. The van der Waals surface area contributed by atoms with Crippen LogP contribution in [0.3, 0.4) is 0 Å². The molecule has 4 heteroatoms. The lowest BCUT2D eigenvalue weighted by molar-refractivity contribution is 0.102. The van der Waals surface area contributed by atoms with Gasteiger partial charge >= 0.3 is 0 Å². The Morgan fingerprint density at radius 1 is 0.667 bits per heavy atom. The van der Waals surface area contributed by atoms with Crippen LogP contribution in [0.15, 0.2) is 78.9 Å². The number of halogens is 1. The summed E-state index contributed by atoms with van der Waals surface area (Å²) in [4.78, 5) is 24.0. The van der Waals surface area contributed by atoms with Gasteiger partial charge in [0.25, 0.3) is 5.24 Å². The predicted octanol–water partition coefficient (Wildman–Crippen LogP) is 5.09. The predicted molar refractivity (Wildman–Crippen MR) is 93.0 cm³/mol. The summed E-state index contributed by atoms with van der Waals surface area (Å²) in [7, 11) is 0. The molecule has 0 saturated heterocycles. The molecule has 0 fully saturated rings. The minimum atomic E-state index is -0.650. The number of carbonyl (C=O) groups is 2. The molecule has 0 unspecified atom stereocenters. The number of carbonyl (C=O) groups excluding carboxylic acids is 2. The number of hydrogen-bond donors (Lipinski definition) is 0. The smallest absolute Gasteiger partial charge is 0.253 e. The summed E-state index contributed by atoms with van der Waals surface area (Å²) in [5, 5.41) is -0.650. The highest BCUT2D eigenvalue weighted by atomic mass is 35.5. The molecule has 0 radical (unpaired) electrons. The van der Waals surface area contributed by atoms with Crippen LogP contribution in [-0.4, -0.2) is 11.0 Å². The molecule has 0 heterocycles. The number of rotatable bonds is 5. The third-order valence-electron chi connectivity index (χ3n) is 3.48. The molecule has 0 aromatic heterocycles. The van der Waals surface area contributed by atoms with E-state index in [4.69, 9.17) is 16.3 Å². The molecule has 0 aliphatic heterocycles. The fraction of sp³-hybridized carbons (Fsp3) is 0. The third kappa shape index (κ3) is 3.53. The lowest BCUT2D eigenvalue weighted by Gasteiger charge is -2.08. The number of benzene rings is 3. The fourth-order valence-electron chi connectivity index (χ4n) is 2.31. The maximum absolute atomic E-state index is 12.6. The summed E-state index contributed by atoms with van der Waals surface area (Å²) in [6.07, 6.45) is 0. The minimum absolute atomic E-state index is 0.203. The maximum Gasteiger partial charge on any atom is 0.253 e. The Morgan fingerprint density at radius 3 is 1.83 bits per heavy atom. The summed E-state index contributed by atoms with van der Waals surface area (Å²) in [6.45, 7) is 0. The van der Waals surface area contributed by atoms with Crippen LogP contribution in [0.5, 0.6) is 11.5 Å². The topological polar surface area (TPSA) is 43.4 Å². The van der Waals surface area contributed by atoms with Crippen molar-refractivity contribution in [2.45, 2.75) is 0 Å². The van der Waals surface area contributed by atoms with Gasteiger partial charge in [0.05, 0.1) is 0 Å². The van der Waals surface area contributed by atoms with Crippen molar-refractivity contribution >= 4 is 22.6 Å². The van der Waals surface area contributed by atoms with Crippen LogP contribution in [0.2, 0.25) is 0 Å². The Balaban J connectivity index is 1.83. The zero-order valence-electron chi connectivity index (χ0n) is 12.6. The minimum Gasteiger partial charge on any atom is -0.457 e. The average molecular weight is 337 g/mol. The molecule has 0 N–H and O–H groups in total. The Kier molecular flexibility index (Phi) is 4.73. The molecule has 0 aliphatic rings. The van der Waals surface area contributed by atoms with E-state index >= 15 is 0 Å². The number of para-hydroxylation sites is 1. The highest BCUT2D eigenvalue weighted by Crippen LogP contribution is 2.23. The van der Waals surface area contributed by atoms with Crippen LogP contribution in [-0.2, 0) is 0 Å². The third-order valence-corrected chi connectivity index (χ3v) is 3.68. The van der Waals surface area contributed by atoms with E-state index in [0.29, 0.717) is 11.3 Å². The van der Waals surface area contributed by atoms with E-state index in [0.717, 1.165) is 5.75 Å². The van der Waals surface area contributed by atoms with Crippen molar-refractivity contribution in [1.82, 2.24) is 0 Å². The molecule has 24 heavy (non-hydrogen) atoms. The molecule has 3 rings (SSSR count). The van der Waals surface area contributed by atoms with Crippen LogP contribution in [0.1, 0.15) is 26.3 Å². The molecule has 0 aliphatic carbocycles. The number of hydrogen-bond acceptors (Lipinski definition) is 3. The summed E-state index contributed by atoms with van der Waals surface area (Å²) in [5.74, 6) is 1.08. The van der Waals surface area contributed by atoms with Gasteiger partial charge in [-0.1, -0.05) is 36.4 Å². The van der Waals surface area contributed by atoms with Crippen molar-refractivity contribution in [3.63, 3.8) is 0 Å². The quantitative estimate of drug-likeness (QED) is 0.481. The van der Waals surface area contributed by atoms with Crippen molar-refractivity contribution in [3.05, 3.63) is 95.6 Å². The van der Waals surface area contributed by atoms with E-state index in [2.05, 4.69) is 0 Å². The molecule has 0 atom stereocenters. The second kappa shape index (κ2) is 7.11. The van der Waals surface area contributed by atoms with Crippen LogP contribution in [0, 0.1) is 0 Å². The zero-order valence-corrected chi connectivity index (χ0v) is 13.4. The average Bonchev–Trinajstić information content (AvgIpc) is 2.62. The van der Waals surface area contributed by atoms with Crippen LogP contribution in [0.4, 0.5) is 0 Å². The number of ether oxygens (including phenoxy) is 1. The number of ketones is 1.